The Morgan fingerprint density at radius 3 is 2.76 bits per heavy atom. The van der Waals surface area contributed by atoms with Crippen LogP contribution in [0.2, 0.25) is 5.02 Å². The molecule has 194 valence electrons. The van der Waals surface area contributed by atoms with Gasteiger partial charge in [-0.05, 0) is 25.0 Å². The van der Waals surface area contributed by atoms with Crippen LogP contribution in [-0.2, 0) is 11.3 Å². The van der Waals surface area contributed by atoms with E-state index in [4.69, 9.17) is 30.5 Å². The van der Waals surface area contributed by atoms with Gasteiger partial charge in [0.1, 0.15) is 31.4 Å². The van der Waals surface area contributed by atoms with E-state index in [1.165, 1.54) is 6.20 Å². The summed E-state index contributed by atoms with van der Waals surface area (Å²) in [6.07, 6.45) is 3.69. The second-order valence-electron chi connectivity index (χ2n) is 9.25. The summed E-state index contributed by atoms with van der Waals surface area (Å²) in [5.41, 5.74) is 1.80. The fourth-order valence-electron chi connectivity index (χ4n) is 5.01. The van der Waals surface area contributed by atoms with E-state index in [2.05, 4.69) is 20.2 Å². The molecule has 5 heterocycles. The van der Waals surface area contributed by atoms with E-state index in [-0.39, 0.29) is 24.2 Å². The highest BCUT2D eigenvalue weighted by molar-refractivity contribution is 6.33. The molecule has 12 heteroatoms. The number of rotatable bonds is 5. The predicted molar refractivity (Wildman–Crippen MR) is 134 cm³/mol. The largest absolute Gasteiger partial charge is 0.488 e. The van der Waals surface area contributed by atoms with Crippen LogP contribution in [-0.4, -0.2) is 71.1 Å². The minimum atomic E-state index is -0.477. The lowest BCUT2D eigenvalue weighted by Crippen LogP contribution is -2.45. The lowest BCUT2D eigenvalue weighted by atomic mass is 10.1. The third-order valence-corrected chi connectivity index (χ3v) is 7.12. The van der Waals surface area contributed by atoms with E-state index in [1.807, 2.05) is 0 Å². The molecule has 11 nitrogen and oxygen atoms in total. The molecule has 0 saturated carbocycles. The molecule has 37 heavy (non-hydrogen) atoms. The van der Waals surface area contributed by atoms with Crippen molar-refractivity contribution in [1.29, 1.82) is 0 Å². The molecule has 2 aromatic heterocycles. The molecule has 0 spiro atoms. The number of amides is 1. The highest BCUT2D eigenvalue weighted by Crippen LogP contribution is 2.37. The van der Waals surface area contributed by atoms with Crippen LogP contribution in [0.3, 0.4) is 0 Å². The normalized spacial score (nSPS) is 19.3. The molecule has 1 amide bonds. The van der Waals surface area contributed by atoms with Crippen LogP contribution in [0.5, 0.6) is 17.2 Å². The Labute approximate surface area is 217 Å². The van der Waals surface area contributed by atoms with Crippen molar-refractivity contribution in [2.24, 2.45) is 0 Å². The number of hydrogen-bond acceptors (Lipinski definition) is 9. The summed E-state index contributed by atoms with van der Waals surface area (Å²) in [6.45, 7) is 3.69. The molecule has 1 fully saturated rings. The highest BCUT2D eigenvalue weighted by atomic mass is 35.5. The van der Waals surface area contributed by atoms with Crippen molar-refractivity contribution < 1.29 is 23.7 Å². The average Bonchev–Trinajstić information content (AvgIpc) is 2.92. The maximum absolute atomic E-state index is 12.7. The number of nitrogens with zero attached hydrogens (tertiary/aromatic N) is 4. The molecule has 1 saturated heterocycles. The third-order valence-electron chi connectivity index (χ3n) is 6.82. The van der Waals surface area contributed by atoms with Crippen LogP contribution >= 0.6 is 11.6 Å². The number of aromatic nitrogens is 3. The van der Waals surface area contributed by atoms with Crippen molar-refractivity contribution in [1.82, 2.24) is 24.8 Å². The van der Waals surface area contributed by atoms with Gasteiger partial charge in [0.25, 0.3) is 5.56 Å². The number of pyridine rings is 1. The molecular formula is C25H26ClN5O6. The van der Waals surface area contributed by atoms with E-state index in [9.17, 15) is 9.59 Å². The van der Waals surface area contributed by atoms with Crippen LogP contribution in [0.25, 0.3) is 11.0 Å². The van der Waals surface area contributed by atoms with Crippen molar-refractivity contribution in [3.8, 4) is 17.2 Å². The lowest BCUT2D eigenvalue weighted by Gasteiger charge is -2.36. The van der Waals surface area contributed by atoms with E-state index >= 15 is 0 Å². The Hall–Kier alpha value is -3.57. The number of hydrogen-bond donors (Lipinski definition) is 1. The number of benzene rings is 1. The molecule has 6 rings (SSSR count). The molecular weight excluding hydrogens is 502 g/mol. The molecule has 3 aromatic rings. The Bertz CT molecular complexity index is 1390. The maximum Gasteiger partial charge on any atom is 0.407 e. The first-order valence-corrected chi connectivity index (χ1v) is 12.7. The second-order valence-corrected chi connectivity index (χ2v) is 9.66. The van der Waals surface area contributed by atoms with Gasteiger partial charge in [-0.1, -0.05) is 11.6 Å². The molecule has 1 unspecified atom stereocenters. The van der Waals surface area contributed by atoms with E-state index < -0.39 is 6.09 Å². The van der Waals surface area contributed by atoms with E-state index in [1.54, 1.807) is 29.0 Å². The van der Waals surface area contributed by atoms with Gasteiger partial charge in [-0.15, -0.1) is 0 Å². The highest BCUT2D eigenvalue weighted by Gasteiger charge is 2.30. The van der Waals surface area contributed by atoms with Gasteiger partial charge in [-0.3, -0.25) is 14.3 Å². The quantitative estimate of drug-likeness (QED) is 0.534. The monoisotopic (exact) mass is 527 g/mol. The summed E-state index contributed by atoms with van der Waals surface area (Å²) in [7, 11) is 0. The Morgan fingerprint density at radius 2 is 1.92 bits per heavy atom. The van der Waals surface area contributed by atoms with Gasteiger partial charge in [0.2, 0.25) is 0 Å². The Kier molecular flexibility index (Phi) is 6.47. The molecule has 3 aliphatic heterocycles. The van der Waals surface area contributed by atoms with Crippen LogP contribution in [0.15, 0.2) is 35.4 Å². The molecule has 0 radical (unpaired) electrons. The first-order chi connectivity index (χ1) is 18.0. The SMILES string of the molecule is O=C(NCc1cc2c(cn1)OCCO2)OC1CCN(CC2COc3c(Cl)ccc4ncc(=O)n2c34)CC1. The Morgan fingerprint density at radius 1 is 1.11 bits per heavy atom. The summed E-state index contributed by atoms with van der Waals surface area (Å²) in [5, 5.41) is 3.22. The van der Waals surface area contributed by atoms with Gasteiger partial charge < -0.3 is 29.2 Å². The topological polar surface area (TPSA) is 117 Å². The third kappa shape index (κ3) is 4.88. The summed E-state index contributed by atoms with van der Waals surface area (Å²) < 4.78 is 24.3. The zero-order valence-electron chi connectivity index (χ0n) is 20.0. The van der Waals surface area contributed by atoms with E-state index in [0.717, 1.165) is 13.1 Å². The minimum Gasteiger partial charge on any atom is -0.488 e. The van der Waals surface area contributed by atoms with Crippen LogP contribution in [0.1, 0.15) is 24.6 Å². The number of alkyl carbamates (subject to hydrolysis) is 1. The number of carbonyl (C=O) groups is 1. The Balaban J connectivity index is 1.02. The molecule has 0 aliphatic carbocycles. The van der Waals surface area contributed by atoms with Crippen LogP contribution < -0.4 is 25.1 Å². The summed E-state index contributed by atoms with van der Waals surface area (Å²) in [4.78, 5) is 35.9. The van der Waals surface area contributed by atoms with E-state index in [0.29, 0.717) is 78.2 Å². The number of halogens is 1. The first kappa shape index (κ1) is 23.8. The number of likely N-dealkylation sites (tertiary alicyclic amines) is 1. The zero-order valence-corrected chi connectivity index (χ0v) is 20.8. The summed E-state index contributed by atoms with van der Waals surface area (Å²) >= 11 is 6.30. The smallest absolute Gasteiger partial charge is 0.407 e. The van der Waals surface area contributed by atoms with Crippen molar-refractivity contribution in [3.05, 3.63) is 51.7 Å². The minimum absolute atomic E-state index is 0.164. The van der Waals surface area contributed by atoms with Crippen LogP contribution in [0, 0.1) is 0 Å². The first-order valence-electron chi connectivity index (χ1n) is 12.3. The van der Waals surface area contributed by atoms with Crippen molar-refractivity contribution >= 4 is 28.7 Å². The van der Waals surface area contributed by atoms with Crippen molar-refractivity contribution in [3.63, 3.8) is 0 Å². The van der Waals surface area contributed by atoms with Crippen LogP contribution in [0.4, 0.5) is 4.79 Å². The van der Waals surface area contributed by atoms with Gasteiger partial charge in [-0.25, -0.2) is 9.78 Å². The molecule has 1 N–H and O–H groups in total. The number of ether oxygens (including phenoxy) is 4. The number of carbonyl (C=O) groups excluding carboxylic acids is 1. The molecule has 1 atom stereocenters. The summed E-state index contributed by atoms with van der Waals surface area (Å²) in [6, 6.07) is 5.12. The maximum atomic E-state index is 12.7. The van der Waals surface area contributed by atoms with Gasteiger partial charge >= 0.3 is 6.09 Å². The standard InChI is InChI=1S/C25H26ClN5O6/c26-18-1-2-19-23-24(18)36-14-16(31(23)22(32)12-28-19)13-30-5-3-17(4-6-30)37-25(33)29-10-15-9-20-21(11-27-15)35-8-7-34-20/h1-2,9,11-12,16-17H,3-8,10,13-14H2,(H,29,33). The molecule has 0 bridgehead atoms. The number of nitrogens with one attached hydrogen (secondary N) is 1. The molecule has 3 aliphatic rings. The van der Waals surface area contributed by atoms with Gasteiger partial charge in [0.15, 0.2) is 17.2 Å². The fraction of sp³-hybridized carbons (Fsp3) is 0.440. The average molecular weight is 528 g/mol. The van der Waals surface area contributed by atoms with Crippen molar-refractivity contribution in [2.45, 2.75) is 31.5 Å². The number of piperidine rings is 1. The zero-order chi connectivity index (χ0) is 25.4. The molecule has 1 aromatic carbocycles. The predicted octanol–water partition coefficient (Wildman–Crippen LogP) is 2.54. The van der Waals surface area contributed by atoms with Crippen molar-refractivity contribution in [2.75, 3.05) is 39.5 Å². The van der Waals surface area contributed by atoms with Gasteiger partial charge in [0.05, 0.1) is 41.2 Å². The number of fused-ring (bicyclic) bond motifs is 1. The van der Waals surface area contributed by atoms with Gasteiger partial charge in [-0.2, -0.15) is 0 Å². The second kappa shape index (κ2) is 10.1. The van der Waals surface area contributed by atoms with Gasteiger partial charge in [0, 0.05) is 25.7 Å². The summed E-state index contributed by atoms with van der Waals surface area (Å²) in [5.74, 6) is 1.74. The fourth-order valence-corrected chi connectivity index (χ4v) is 5.22. The lowest BCUT2D eigenvalue weighted by molar-refractivity contribution is 0.0436.